The summed E-state index contributed by atoms with van der Waals surface area (Å²) >= 11 is 1.84. The van der Waals surface area contributed by atoms with Crippen LogP contribution in [0.1, 0.15) is 22.0 Å². The van der Waals surface area contributed by atoms with E-state index in [9.17, 15) is 5.11 Å². The molecule has 0 saturated carbocycles. The molecule has 1 aliphatic heterocycles. The maximum absolute atomic E-state index is 9.29. The highest BCUT2D eigenvalue weighted by Crippen LogP contribution is 2.32. The molecule has 2 heterocycles. The van der Waals surface area contributed by atoms with Gasteiger partial charge in [0.15, 0.2) is 0 Å². The van der Waals surface area contributed by atoms with Crippen molar-refractivity contribution in [1.82, 2.24) is 5.32 Å². The summed E-state index contributed by atoms with van der Waals surface area (Å²) in [7, 11) is 0. The molecule has 2 N–H and O–H groups in total. The van der Waals surface area contributed by atoms with E-state index in [4.69, 9.17) is 0 Å². The topological polar surface area (TPSA) is 32.3 Å². The smallest absolute Gasteiger partial charge is 0.115 e. The van der Waals surface area contributed by atoms with Gasteiger partial charge in [0.25, 0.3) is 0 Å². The van der Waals surface area contributed by atoms with Crippen molar-refractivity contribution in [2.24, 2.45) is 0 Å². The fourth-order valence-electron chi connectivity index (χ4n) is 2.22. The molecular formula is C13H13NOS. The van der Waals surface area contributed by atoms with E-state index in [0.717, 1.165) is 13.0 Å². The molecule has 0 spiro atoms. The second-order valence-electron chi connectivity index (χ2n) is 4.03. The van der Waals surface area contributed by atoms with Crippen LogP contribution in [0.2, 0.25) is 0 Å². The number of thiophene rings is 1. The molecule has 16 heavy (non-hydrogen) atoms. The zero-order valence-corrected chi connectivity index (χ0v) is 9.63. The lowest BCUT2D eigenvalue weighted by Gasteiger charge is -2.24. The zero-order chi connectivity index (χ0) is 11.0. The molecule has 1 atom stereocenters. The Morgan fingerprint density at radius 2 is 2.00 bits per heavy atom. The molecular weight excluding hydrogens is 218 g/mol. The zero-order valence-electron chi connectivity index (χ0n) is 8.81. The maximum Gasteiger partial charge on any atom is 0.115 e. The molecule has 2 aromatic rings. The van der Waals surface area contributed by atoms with Crippen molar-refractivity contribution in [3.05, 3.63) is 51.7 Å². The van der Waals surface area contributed by atoms with Crippen LogP contribution in [-0.2, 0) is 6.42 Å². The van der Waals surface area contributed by atoms with Crippen LogP contribution in [0, 0.1) is 0 Å². The van der Waals surface area contributed by atoms with E-state index >= 15 is 0 Å². The Morgan fingerprint density at radius 3 is 2.81 bits per heavy atom. The number of aromatic hydroxyl groups is 1. The Morgan fingerprint density at radius 1 is 1.19 bits per heavy atom. The number of phenols is 1. The minimum Gasteiger partial charge on any atom is -0.508 e. The summed E-state index contributed by atoms with van der Waals surface area (Å²) < 4.78 is 0. The molecule has 82 valence electrons. The van der Waals surface area contributed by atoms with Crippen LogP contribution in [0.25, 0.3) is 0 Å². The van der Waals surface area contributed by atoms with Crippen molar-refractivity contribution >= 4 is 11.3 Å². The van der Waals surface area contributed by atoms with Crippen molar-refractivity contribution in [2.75, 3.05) is 6.54 Å². The van der Waals surface area contributed by atoms with Crippen LogP contribution in [-0.4, -0.2) is 11.7 Å². The quantitative estimate of drug-likeness (QED) is 0.791. The highest BCUT2D eigenvalue weighted by Gasteiger charge is 2.21. The van der Waals surface area contributed by atoms with Crippen molar-refractivity contribution in [3.8, 4) is 5.75 Å². The third-order valence-corrected chi connectivity index (χ3v) is 4.01. The van der Waals surface area contributed by atoms with Crippen LogP contribution in [0.5, 0.6) is 5.75 Å². The number of fused-ring (bicyclic) bond motifs is 1. The molecule has 1 aliphatic rings. The SMILES string of the molecule is Oc1ccc(C2NCCc3sccc32)cc1. The van der Waals surface area contributed by atoms with Gasteiger partial charge < -0.3 is 10.4 Å². The van der Waals surface area contributed by atoms with Crippen LogP contribution in [0.4, 0.5) is 0 Å². The van der Waals surface area contributed by atoms with Gasteiger partial charge in [-0.25, -0.2) is 0 Å². The lowest BCUT2D eigenvalue weighted by atomic mass is 9.95. The molecule has 1 aromatic heterocycles. The summed E-state index contributed by atoms with van der Waals surface area (Å²) in [5.74, 6) is 0.324. The third-order valence-electron chi connectivity index (χ3n) is 3.02. The second kappa shape index (κ2) is 3.92. The average molecular weight is 231 g/mol. The number of benzene rings is 1. The van der Waals surface area contributed by atoms with Crippen molar-refractivity contribution in [3.63, 3.8) is 0 Å². The Hall–Kier alpha value is -1.32. The molecule has 0 fully saturated rings. The number of nitrogens with one attached hydrogen (secondary N) is 1. The monoisotopic (exact) mass is 231 g/mol. The first-order valence-corrected chi connectivity index (χ1v) is 6.31. The van der Waals surface area contributed by atoms with E-state index < -0.39 is 0 Å². The average Bonchev–Trinajstić information content (AvgIpc) is 2.78. The normalized spacial score (nSPS) is 19.4. The molecule has 1 aromatic carbocycles. The molecule has 3 heteroatoms. The highest BCUT2D eigenvalue weighted by atomic mass is 32.1. The minimum atomic E-state index is 0.288. The standard InChI is InChI=1S/C13H13NOS/c15-10-3-1-9(2-4-10)13-11-6-8-16-12(11)5-7-14-13/h1-4,6,8,13-15H,5,7H2. The molecule has 0 bridgehead atoms. The molecule has 3 rings (SSSR count). The maximum atomic E-state index is 9.29. The summed E-state index contributed by atoms with van der Waals surface area (Å²) in [5, 5.41) is 15.0. The van der Waals surface area contributed by atoms with Crippen LogP contribution < -0.4 is 5.32 Å². The van der Waals surface area contributed by atoms with Crippen LogP contribution in [0.3, 0.4) is 0 Å². The van der Waals surface area contributed by atoms with Gasteiger partial charge in [0.05, 0.1) is 6.04 Å². The van der Waals surface area contributed by atoms with Gasteiger partial charge in [-0.05, 0) is 41.1 Å². The first-order chi connectivity index (χ1) is 7.84. The summed E-state index contributed by atoms with van der Waals surface area (Å²) in [5.41, 5.74) is 2.61. The third kappa shape index (κ3) is 1.62. The van der Waals surface area contributed by atoms with Gasteiger partial charge in [-0.3, -0.25) is 0 Å². The molecule has 1 unspecified atom stereocenters. The van der Waals surface area contributed by atoms with Gasteiger partial charge in [-0.1, -0.05) is 12.1 Å². The summed E-state index contributed by atoms with van der Waals surface area (Å²) in [6.45, 7) is 1.03. The fourth-order valence-corrected chi connectivity index (χ4v) is 3.14. The second-order valence-corrected chi connectivity index (χ2v) is 5.03. The van der Waals surface area contributed by atoms with Crippen LogP contribution in [0.15, 0.2) is 35.7 Å². The van der Waals surface area contributed by atoms with Gasteiger partial charge >= 0.3 is 0 Å². The number of hydrogen-bond acceptors (Lipinski definition) is 3. The van der Waals surface area contributed by atoms with Gasteiger partial charge in [0.2, 0.25) is 0 Å². The van der Waals surface area contributed by atoms with E-state index in [1.54, 1.807) is 12.1 Å². The molecule has 2 nitrogen and oxygen atoms in total. The van der Waals surface area contributed by atoms with Gasteiger partial charge in [-0.2, -0.15) is 0 Å². The first-order valence-electron chi connectivity index (χ1n) is 5.43. The van der Waals surface area contributed by atoms with Crippen LogP contribution >= 0.6 is 11.3 Å². The van der Waals surface area contributed by atoms with Crippen molar-refractivity contribution in [1.29, 1.82) is 0 Å². The molecule has 0 amide bonds. The highest BCUT2D eigenvalue weighted by molar-refractivity contribution is 7.10. The number of hydrogen-bond donors (Lipinski definition) is 2. The first kappa shape index (κ1) is 9.87. The van der Waals surface area contributed by atoms with E-state index in [-0.39, 0.29) is 6.04 Å². The van der Waals surface area contributed by atoms with E-state index in [1.807, 2.05) is 23.5 Å². The predicted molar refractivity (Wildman–Crippen MR) is 66.0 cm³/mol. The molecule has 0 radical (unpaired) electrons. The lowest BCUT2D eigenvalue weighted by molar-refractivity contribution is 0.474. The number of rotatable bonds is 1. The Labute approximate surface area is 98.6 Å². The fraction of sp³-hybridized carbons (Fsp3) is 0.231. The Balaban J connectivity index is 2.00. The molecule has 0 saturated heterocycles. The van der Waals surface area contributed by atoms with E-state index in [1.165, 1.54) is 16.0 Å². The van der Waals surface area contributed by atoms with E-state index in [0.29, 0.717) is 5.75 Å². The Bertz CT molecular complexity index is 489. The van der Waals surface area contributed by atoms with Gasteiger partial charge in [0, 0.05) is 11.4 Å². The van der Waals surface area contributed by atoms with Crippen molar-refractivity contribution < 1.29 is 5.11 Å². The van der Waals surface area contributed by atoms with Gasteiger partial charge in [-0.15, -0.1) is 11.3 Å². The minimum absolute atomic E-state index is 0.288. The largest absolute Gasteiger partial charge is 0.508 e. The number of phenolic OH excluding ortho intramolecular Hbond substituents is 1. The summed E-state index contributed by atoms with van der Waals surface area (Å²) in [6, 6.07) is 9.95. The van der Waals surface area contributed by atoms with Crippen molar-refractivity contribution in [2.45, 2.75) is 12.5 Å². The predicted octanol–water partition coefficient (Wildman–Crippen LogP) is 2.69. The summed E-state index contributed by atoms with van der Waals surface area (Å²) in [6.07, 6.45) is 1.13. The van der Waals surface area contributed by atoms with E-state index in [2.05, 4.69) is 16.8 Å². The summed E-state index contributed by atoms with van der Waals surface area (Å²) in [4.78, 5) is 1.48. The molecule has 0 aliphatic carbocycles. The Kier molecular flexibility index (Phi) is 2.42. The lowest BCUT2D eigenvalue weighted by Crippen LogP contribution is -2.29. The van der Waals surface area contributed by atoms with Gasteiger partial charge in [0.1, 0.15) is 5.75 Å².